The lowest BCUT2D eigenvalue weighted by Crippen LogP contribution is -1.90. The van der Waals surface area contributed by atoms with Gasteiger partial charge in [0.1, 0.15) is 11.6 Å². The summed E-state index contributed by atoms with van der Waals surface area (Å²) in [6.45, 7) is 0. The summed E-state index contributed by atoms with van der Waals surface area (Å²) in [4.78, 5) is 0.963. The fraction of sp³-hybridized carbons (Fsp3) is 0.250. The van der Waals surface area contributed by atoms with Crippen LogP contribution in [-0.4, -0.2) is 11.8 Å². The molecule has 0 heterocycles. The highest BCUT2D eigenvalue weighted by molar-refractivity contribution is 8.76. The first-order valence-electron chi connectivity index (χ1n) is 6.67. The average molecular weight is 379 g/mol. The molecule has 0 saturated carbocycles. The molecule has 0 N–H and O–H groups in total. The van der Waals surface area contributed by atoms with E-state index in [0.717, 1.165) is 11.1 Å². The first-order chi connectivity index (χ1) is 10.6. The van der Waals surface area contributed by atoms with E-state index >= 15 is 0 Å². The number of halogens is 4. The molecule has 2 rings (SSSR count). The number of benzene rings is 2. The summed E-state index contributed by atoms with van der Waals surface area (Å²) in [5.74, 6) is 0.344. The van der Waals surface area contributed by atoms with Crippen LogP contribution in [0.25, 0.3) is 0 Å². The van der Waals surface area contributed by atoms with Gasteiger partial charge < -0.3 is 0 Å². The highest BCUT2D eigenvalue weighted by Gasteiger charge is 2.09. The fourth-order valence-electron chi connectivity index (χ4n) is 1.84. The molecule has 22 heavy (non-hydrogen) atoms. The molecule has 0 aliphatic carbocycles. The number of rotatable bonds is 7. The highest BCUT2D eigenvalue weighted by atomic mass is 35.5. The molecule has 118 valence electrons. The van der Waals surface area contributed by atoms with Gasteiger partial charge in [0.05, 0.1) is 9.79 Å². The van der Waals surface area contributed by atoms with E-state index in [4.69, 9.17) is 23.2 Å². The third-order valence-corrected chi connectivity index (χ3v) is 5.75. The maximum Gasteiger partial charge on any atom is 0.137 e. The maximum absolute atomic E-state index is 13.8. The predicted octanol–water partition coefficient (Wildman–Crippen LogP) is 6.33. The molecular weight excluding hydrogens is 365 g/mol. The Labute approximate surface area is 147 Å². The molecule has 0 bridgehead atoms. The first-order valence-corrected chi connectivity index (χ1v) is 9.89. The van der Waals surface area contributed by atoms with E-state index in [1.807, 2.05) is 0 Å². The molecule has 6 heteroatoms. The third kappa shape index (κ3) is 5.05. The Morgan fingerprint density at radius 2 is 1.14 bits per heavy atom. The van der Waals surface area contributed by atoms with Crippen molar-refractivity contribution >= 4 is 44.8 Å². The minimum atomic E-state index is -0.312. The van der Waals surface area contributed by atoms with Crippen molar-refractivity contribution in [1.82, 2.24) is 0 Å². The SMILES string of the molecule is Fc1ccc(CCCl)cc1SSc1cc(CCCl)ccc1F. The van der Waals surface area contributed by atoms with Gasteiger partial charge in [0.25, 0.3) is 0 Å². The normalized spacial score (nSPS) is 10.9. The summed E-state index contributed by atoms with van der Waals surface area (Å²) >= 11 is 11.4. The van der Waals surface area contributed by atoms with Crippen LogP contribution in [0.15, 0.2) is 46.2 Å². The second-order valence-electron chi connectivity index (χ2n) is 4.57. The number of hydrogen-bond donors (Lipinski definition) is 0. The van der Waals surface area contributed by atoms with Gasteiger partial charge in [-0.05, 0) is 69.8 Å². The molecule has 0 radical (unpaired) electrons. The van der Waals surface area contributed by atoms with Gasteiger partial charge in [-0.3, -0.25) is 0 Å². The van der Waals surface area contributed by atoms with E-state index in [1.54, 1.807) is 24.3 Å². The summed E-state index contributed by atoms with van der Waals surface area (Å²) in [5, 5.41) is 0. The summed E-state index contributed by atoms with van der Waals surface area (Å²) in [6.07, 6.45) is 1.36. The van der Waals surface area contributed by atoms with Crippen molar-refractivity contribution < 1.29 is 8.78 Å². The van der Waals surface area contributed by atoms with Crippen LogP contribution in [0.5, 0.6) is 0 Å². The van der Waals surface area contributed by atoms with Crippen LogP contribution in [0.2, 0.25) is 0 Å². The quantitative estimate of drug-likeness (QED) is 0.407. The van der Waals surface area contributed by atoms with Crippen LogP contribution in [0.1, 0.15) is 11.1 Å². The minimum Gasteiger partial charge on any atom is -0.206 e. The zero-order valence-corrected chi connectivity index (χ0v) is 14.8. The van der Waals surface area contributed by atoms with Crippen molar-refractivity contribution in [1.29, 1.82) is 0 Å². The lowest BCUT2D eigenvalue weighted by molar-refractivity contribution is 0.600. The van der Waals surface area contributed by atoms with Crippen molar-refractivity contribution in [2.45, 2.75) is 22.6 Å². The predicted molar refractivity (Wildman–Crippen MR) is 93.4 cm³/mol. The number of aryl methyl sites for hydroxylation is 2. The molecule has 0 saturated heterocycles. The molecular formula is C16H14Cl2F2S2. The fourth-order valence-corrected chi connectivity index (χ4v) is 4.46. The highest BCUT2D eigenvalue weighted by Crippen LogP contribution is 2.40. The van der Waals surface area contributed by atoms with E-state index in [0.29, 0.717) is 34.4 Å². The molecule has 0 aliphatic heterocycles. The van der Waals surface area contributed by atoms with E-state index in [9.17, 15) is 8.78 Å². The van der Waals surface area contributed by atoms with Crippen molar-refractivity contribution in [3.63, 3.8) is 0 Å². The monoisotopic (exact) mass is 378 g/mol. The molecule has 2 aromatic rings. The Morgan fingerprint density at radius 1 is 0.727 bits per heavy atom. The topological polar surface area (TPSA) is 0 Å². The number of alkyl halides is 2. The molecule has 0 spiro atoms. The average Bonchev–Trinajstić information content (AvgIpc) is 2.51. The standard InChI is InChI=1S/C16H14Cl2F2S2/c17-7-5-11-1-3-13(19)15(9-11)21-22-16-10-12(6-8-18)2-4-14(16)20/h1-4,9-10H,5-8H2. The van der Waals surface area contributed by atoms with E-state index < -0.39 is 0 Å². The minimum absolute atomic E-state index is 0.312. The smallest absolute Gasteiger partial charge is 0.137 e. The van der Waals surface area contributed by atoms with E-state index in [1.165, 1.54) is 33.7 Å². The van der Waals surface area contributed by atoms with Gasteiger partial charge in [0, 0.05) is 11.8 Å². The molecule has 0 nitrogen and oxygen atoms in total. The lowest BCUT2D eigenvalue weighted by Gasteiger charge is -2.07. The summed E-state index contributed by atoms with van der Waals surface area (Å²) in [5.41, 5.74) is 1.94. The molecule has 2 aromatic carbocycles. The van der Waals surface area contributed by atoms with Gasteiger partial charge in [0.15, 0.2) is 0 Å². The summed E-state index contributed by atoms with van der Waals surface area (Å²) in [7, 11) is 2.41. The van der Waals surface area contributed by atoms with Gasteiger partial charge in [0.2, 0.25) is 0 Å². The van der Waals surface area contributed by atoms with Crippen LogP contribution in [0, 0.1) is 11.6 Å². The van der Waals surface area contributed by atoms with Crippen molar-refractivity contribution in [2.24, 2.45) is 0 Å². The van der Waals surface area contributed by atoms with E-state index in [-0.39, 0.29) is 11.6 Å². The van der Waals surface area contributed by atoms with Gasteiger partial charge in [-0.2, -0.15) is 0 Å². The molecule has 0 unspecified atom stereocenters. The Morgan fingerprint density at radius 3 is 1.50 bits per heavy atom. The largest absolute Gasteiger partial charge is 0.206 e. The molecule has 0 amide bonds. The Hall–Kier alpha value is -0.420. The van der Waals surface area contributed by atoms with Gasteiger partial charge in [-0.25, -0.2) is 8.78 Å². The Balaban J connectivity index is 2.12. The third-order valence-electron chi connectivity index (χ3n) is 2.98. The second-order valence-corrected chi connectivity index (χ2v) is 7.54. The lowest BCUT2D eigenvalue weighted by atomic mass is 10.2. The summed E-state index contributed by atoms with van der Waals surface area (Å²) in [6, 6.07) is 9.80. The van der Waals surface area contributed by atoms with Crippen LogP contribution < -0.4 is 0 Å². The van der Waals surface area contributed by atoms with Crippen molar-refractivity contribution in [2.75, 3.05) is 11.8 Å². The van der Waals surface area contributed by atoms with Crippen molar-refractivity contribution in [3.8, 4) is 0 Å². The van der Waals surface area contributed by atoms with Crippen LogP contribution in [0.3, 0.4) is 0 Å². The zero-order valence-electron chi connectivity index (χ0n) is 11.6. The zero-order chi connectivity index (χ0) is 15.9. The van der Waals surface area contributed by atoms with Crippen LogP contribution in [0.4, 0.5) is 8.78 Å². The summed E-state index contributed by atoms with van der Waals surface area (Å²) < 4.78 is 27.7. The Kier molecular flexibility index (Phi) is 7.35. The molecule has 0 aromatic heterocycles. The Bertz CT molecular complexity index is 580. The van der Waals surface area contributed by atoms with Crippen LogP contribution >= 0.6 is 44.8 Å². The molecule has 0 aliphatic rings. The van der Waals surface area contributed by atoms with Crippen molar-refractivity contribution in [3.05, 3.63) is 59.2 Å². The van der Waals surface area contributed by atoms with Gasteiger partial charge in [-0.15, -0.1) is 23.2 Å². The second kappa shape index (κ2) is 9.02. The van der Waals surface area contributed by atoms with Crippen LogP contribution in [-0.2, 0) is 12.8 Å². The molecule has 0 fully saturated rings. The van der Waals surface area contributed by atoms with Gasteiger partial charge in [-0.1, -0.05) is 12.1 Å². The first kappa shape index (κ1) is 17.9. The maximum atomic E-state index is 13.8. The molecule has 0 atom stereocenters. The van der Waals surface area contributed by atoms with Gasteiger partial charge >= 0.3 is 0 Å². The van der Waals surface area contributed by atoms with E-state index in [2.05, 4.69) is 0 Å². The number of hydrogen-bond acceptors (Lipinski definition) is 2.